The number of guanidine groups is 1. The molecular weight excluding hydrogens is 405 g/mol. The lowest BCUT2D eigenvalue weighted by molar-refractivity contribution is 0.0582. The van der Waals surface area contributed by atoms with Gasteiger partial charge in [0, 0.05) is 25.7 Å². The fraction of sp³-hybridized carbons (Fsp3) is 0.938. The van der Waals surface area contributed by atoms with Crippen molar-refractivity contribution in [1.29, 1.82) is 0 Å². The molecule has 23 heavy (non-hydrogen) atoms. The van der Waals surface area contributed by atoms with Crippen LogP contribution in [0, 0.1) is 0 Å². The van der Waals surface area contributed by atoms with Gasteiger partial charge in [-0.15, -0.1) is 24.0 Å². The monoisotopic (exact) mass is 441 g/mol. The summed E-state index contributed by atoms with van der Waals surface area (Å²) in [6, 6.07) is 0.593. The van der Waals surface area contributed by atoms with Gasteiger partial charge in [0.15, 0.2) is 5.96 Å². The summed E-state index contributed by atoms with van der Waals surface area (Å²) < 4.78 is 5.73. The van der Waals surface area contributed by atoms with E-state index in [1.807, 2.05) is 6.92 Å². The molecule has 0 saturated carbocycles. The third-order valence-corrected chi connectivity index (χ3v) is 4.19. The second-order valence-electron chi connectivity index (χ2n) is 6.20. The Hall–Kier alpha value is -0.120. The van der Waals surface area contributed by atoms with Gasteiger partial charge in [0.25, 0.3) is 0 Å². The van der Waals surface area contributed by atoms with E-state index in [4.69, 9.17) is 10.5 Å². The summed E-state index contributed by atoms with van der Waals surface area (Å²) >= 11 is 0. The molecule has 0 radical (unpaired) electrons. The zero-order valence-electron chi connectivity index (χ0n) is 15.3. The summed E-state index contributed by atoms with van der Waals surface area (Å²) in [4.78, 5) is 9.12. The molecule has 1 rings (SSSR count). The molecule has 2 atom stereocenters. The average molecular weight is 441 g/mol. The Morgan fingerprint density at radius 2 is 2.17 bits per heavy atom. The van der Waals surface area contributed by atoms with E-state index in [9.17, 15) is 0 Å². The summed E-state index contributed by atoms with van der Waals surface area (Å²) in [6.45, 7) is 9.79. The minimum Gasteiger partial charge on any atom is -0.377 e. The van der Waals surface area contributed by atoms with Gasteiger partial charge in [-0.25, -0.2) is 0 Å². The summed E-state index contributed by atoms with van der Waals surface area (Å²) in [5.74, 6) is 0.539. The van der Waals surface area contributed by atoms with E-state index >= 15 is 0 Å². The Labute approximate surface area is 159 Å². The van der Waals surface area contributed by atoms with Crippen molar-refractivity contribution in [2.75, 3.05) is 53.4 Å². The SMILES string of the molecule is CCOC(CCN(C)C)CN=C(N)NCC1CCCN1CC.I. The fourth-order valence-corrected chi connectivity index (χ4v) is 2.89. The highest BCUT2D eigenvalue weighted by molar-refractivity contribution is 14.0. The van der Waals surface area contributed by atoms with Crippen molar-refractivity contribution in [1.82, 2.24) is 15.1 Å². The zero-order chi connectivity index (χ0) is 16.4. The molecule has 1 saturated heterocycles. The lowest BCUT2D eigenvalue weighted by Gasteiger charge is -2.23. The first-order valence-corrected chi connectivity index (χ1v) is 8.60. The number of nitrogens with zero attached hydrogens (tertiary/aromatic N) is 3. The maximum absolute atomic E-state index is 5.99. The first-order valence-electron chi connectivity index (χ1n) is 8.60. The van der Waals surface area contributed by atoms with Gasteiger partial charge in [-0.1, -0.05) is 6.92 Å². The molecule has 138 valence electrons. The molecule has 0 spiro atoms. The molecule has 6 nitrogen and oxygen atoms in total. The number of likely N-dealkylation sites (tertiary alicyclic amines) is 1. The molecule has 0 aliphatic carbocycles. The lowest BCUT2D eigenvalue weighted by Crippen LogP contribution is -2.43. The van der Waals surface area contributed by atoms with E-state index in [-0.39, 0.29) is 30.1 Å². The number of ether oxygens (including phenoxy) is 1. The molecule has 0 aromatic carbocycles. The van der Waals surface area contributed by atoms with E-state index in [0.717, 1.165) is 26.1 Å². The van der Waals surface area contributed by atoms with Crippen LogP contribution < -0.4 is 11.1 Å². The Morgan fingerprint density at radius 1 is 1.43 bits per heavy atom. The van der Waals surface area contributed by atoms with Crippen LogP contribution in [-0.4, -0.2) is 81.3 Å². The minimum absolute atomic E-state index is 0. The topological polar surface area (TPSA) is 66.1 Å². The zero-order valence-corrected chi connectivity index (χ0v) is 17.6. The minimum atomic E-state index is 0. The van der Waals surface area contributed by atoms with Gasteiger partial charge in [0.2, 0.25) is 0 Å². The maximum atomic E-state index is 5.99. The molecular formula is C16H36IN5O. The molecule has 1 aliphatic rings. The third kappa shape index (κ3) is 9.69. The van der Waals surface area contributed by atoms with Crippen LogP contribution in [0.4, 0.5) is 0 Å². The molecule has 1 heterocycles. The van der Waals surface area contributed by atoms with Gasteiger partial charge in [0.1, 0.15) is 0 Å². The molecule has 1 aliphatic heterocycles. The molecule has 2 unspecified atom stereocenters. The molecule has 3 N–H and O–H groups in total. The summed E-state index contributed by atoms with van der Waals surface area (Å²) in [5, 5.41) is 3.27. The van der Waals surface area contributed by atoms with E-state index in [1.54, 1.807) is 0 Å². The first kappa shape index (κ1) is 22.9. The predicted molar refractivity (Wildman–Crippen MR) is 109 cm³/mol. The van der Waals surface area contributed by atoms with Crippen molar-refractivity contribution in [3.05, 3.63) is 0 Å². The third-order valence-electron chi connectivity index (χ3n) is 4.19. The van der Waals surface area contributed by atoms with Gasteiger partial charge in [0.05, 0.1) is 12.6 Å². The number of likely N-dealkylation sites (N-methyl/N-ethyl adjacent to an activating group) is 1. The van der Waals surface area contributed by atoms with Crippen molar-refractivity contribution >= 4 is 29.9 Å². The molecule has 7 heteroatoms. The number of halogens is 1. The van der Waals surface area contributed by atoms with Crippen LogP contribution in [0.3, 0.4) is 0 Å². The standard InChI is InChI=1S/C16H35N5O.HI/c1-5-21-10-7-8-14(21)12-18-16(17)19-13-15(22-6-2)9-11-20(3)4;/h14-15H,5-13H2,1-4H3,(H3,17,18,19);1H. The van der Waals surface area contributed by atoms with Crippen LogP contribution >= 0.6 is 24.0 Å². The van der Waals surface area contributed by atoms with Crippen molar-refractivity contribution in [2.24, 2.45) is 10.7 Å². The van der Waals surface area contributed by atoms with Crippen LogP contribution in [0.5, 0.6) is 0 Å². The molecule has 0 aromatic heterocycles. The van der Waals surface area contributed by atoms with Gasteiger partial charge in [-0.2, -0.15) is 0 Å². The predicted octanol–water partition coefficient (Wildman–Crippen LogP) is 1.35. The Morgan fingerprint density at radius 3 is 2.78 bits per heavy atom. The highest BCUT2D eigenvalue weighted by Crippen LogP contribution is 2.15. The van der Waals surface area contributed by atoms with Gasteiger partial charge >= 0.3 is 0 Å². The fourth-order valence-electron chi connectivity index (χ4n) is 2.89. The summed E-state index contributed by atoms with van der Waals surface area (Å²) in [5.41, 5.74) is 5.99. The summed E-state index contributed by atoms with van der Waals surface area (Å²) in [7, 11) is 4.15. The number of hydrogen-bond acceptors (Lipinski definition) is 4. The number of hydrogen-bond donors (Lipinski definition) is 2. The number of nitrogens with two attached hydrogens (primary N) is 1. The van der Waals surface area contributed by atoms with Gasteiger partial charge in [-0.05, 0) is 53.4 Å². The van der Waals surface area contributed by atoms with Crippen molar-refractivity contribution < 1.29 is 4.74 Å². The smallest absolute Gasteiger partial charge is 0.188 e. The van der Waals surface area contributed by atoms with Crippen LogP contribution in [0.1, 0.15) is 33.1 Å². The normalized spacial score (nSPS) is 20.6. The van der Waals surface area contributed by atoms with Gasteiger partial charge < -0.3 is 20.7 Å². The second-order valence-corrected chi connectivity index (χ2v) is 6.20. The molecule has 0 bridgehead atoms. The first-order chi connectivity index (χ1) is 10.6. The summed E-state index contributed by atoms with van der Waals surface area (Å²) in [6.07, 6.45) is 3.66. The van der Waals surface area contributed by atoms with Gasteiger partial charge in [-0.3, -0.25) is 9.89 Å². The number of aliphatic imine (C=N–C) groups is 1. The number of rotatable bonds is 10. The second kappa shape index (κ2) is 13.2. The largest absolute Gasteiger partial charge is 0.377 e. The highest BCUT2D eigenvalue weighted by atomic mass is 127. The molecule has 1 fully saturated rings. The van der Waals surface area contributed by atoms with Crippen LogP contribution in [0.15, 0.2) is 4.99 Å². The lowest BCUT2D eigenvalue weighted by atomic mass is 10.2. The van der Waals surface area contributed by atoms with E-state index in [1.165, 1.54) is 19.4 Å². The quantitative estimate of drug-likeness (QED) is 0.305. The molecule has 0 amide bonds. The molecule has 0 aromatic rings. The number of nitrogens with one attached hydrogen (secondary N) is 1. The Kier molecular flexibility index (Phi) is 13.1. The average Bonchev–Trinajstić information content (AvgIpc) is 2.95. The Balaban J connectivity index is 0.00000484. The van der Waals surface area contributed by atoms with Crippen LogP contribution in [0.2, 0.25) is 0 Å². The van der Waals surface area contributed by atoms with E-state index < -0.39 is 0 Å². The van der Waals surface area contributed by atoms with E-state index in [2.05, 4.69) is 41.1 Å². The van der Waals surface area contributed by atoms with Crippen molar-refractivity contribution in [2.45, 2.75) is 45.3 Å². The van der Waals surface area contributed by atoms with Crippen molar-refractivity contribution in [3.63, 3.8) is 0 Å². The Bertz CT molecular complexity index is 328. The van der Waals surface area contributed by atoms with E-state index in [0.29, 0.717) is 25.2 Å². The van der Waals surface area contributed by atoms with Crippen LogP contribution in [0.25, 0.3) is 0 Å². The maximum Gasteiger partial charge on any atom is 0.188 e. The highest BCUT2D eigenvalue weighted by Gasteiger charge is 2.22. The van der Waals surface area contributed by atoms with Crippen molar-refractivity contribution in [3.8, 4) is 0 Å². The van der Waals surface area contributed by atoms with Crippen LogP contribution in [-0.2, 0) is 4.74 Å².